The van der Waals surface area contributed by atoms with Gasteiger partial charge in [-0.3, -0.25) is 4.79 Å². The quantitative estimate of drug-likeness (QED) is 0.794. The van der Waals surface area contributed by atoms with Crippen LogP contribution in [-0.4, -0.2) is 29.2 Å². The summed E-state index contributed by atoms with van der Waals surface area (Å²) in [6.45, 7) is 1.10. The molecule has 1 amide bonds. The third-order valence-corrected chi connectivity index (χ3v) is 4.79. The van der Waals surface area contributed by atoms with Crippen molar-refractivity contribution in [2.24, 2.45) is 11.1 Å². The van der Waals surface area contributed by atoms with Crippen molar-refractivity contribution in [1.82, 2.24) is 4.90 Å². The number of hydrogen-bond donors (Lipinski definition) is 0. The van der Waals surface area contributed by atoms with Gasteiger partial charge in [0, 0.05) is 18.9 Å². The fraction of sp³-hybridized carbons (Fsp3) is 0.333. The summed E-state index contributed by atoms with van der Waals surface area (Å²) in [5.41, 5.74) is 2.77. The van der Waals surface area contributed by atoms with E-state index in [2.05, 4.69) is 5.16 Å². The molecule has 1 heterocycles. The van der Waals surface area contributed by atoms with Crippen LogP contribution >= 0.6 is 0 Å². The summed E-state index contributed by atoms with van der Waals surface area (Å²) in [5, 5.41) is 4.15. The predicted octanol–water partition coefficient (Wildman–Crippen LogP) is 3.76. The van der Waals surface area contributed by atoms with Crippen LogP contribution in [0.3, 0.4) is 0 Å². The summed E-state index contributed by atoms with van der Waals surface area (Å²) in [4.78, 5) is 20.1. The zero-order valence-electron chi connectivity index (χ0n) is 14.5. The van der Waals surface area contributed by atoms with E-state index in [-0.39, 0.29) is 23.7 Å². The van der Waals surface area contributed by atoms with Crippen LogP contribution < -0.4 is 0 Å². The molecule has 2 aromatic carbocycles. The fourth-order valence-corrected chi connectivity index (χ4v) is 3.21. The van der Waals surface area contributed by atoms with Crippen LogP contribution in [0.2, 0.25) is 0 Å². The van der Waals surface area contributed by atoms with Crippen molar-refractivity contribution in [2.45, 2.75) is 31.9 Å². The van der Waals surface area contributed by atoms with Crippen molar-refractivity contribution in [1.29, 1.82) is 0 Å². The van der Waals surface area contributed by atoms with E-state index < -0.39 is 0 Å². The van der Waals surface area contributed by atoms with Gasteiger partial charge in [-0.1, -0.05) is 47.6 Å². The summed E-state index contributed by atoms with van der Waals surface area (Å²) in [7, 11) is 0. The molecule has 2 aromatic rings. The Morgan fingerprint density at radius 1 is 1.12 bits per heavy atom. The summed E-state index contributed by atoms with van der Waals surface area (Å²) < 4.78 is 13.1. The van der Waals surface area contributed by atoms with Crippen molar-refractivity contribution in [3.8, 4) is 0 Å². The lowest BCUT2D eigenvalue weighted by Crippen LogP contribution is -2.38. The Hall–Kier alpha value is -2.69. The van der Waals surface area contributed by atoms with Gasteiger partial charge >= 0.3 is 0 Å². The van der Waals surface area contributed by atoms with E-state index in [1.54, 1.807) is 12.1 Å². The van der Waals surface area contributed by atoms with Crippen LogP contribution in [-0.2, 0) is 16.2 Å². The molecule has 4 nitrogen and oxygen atoms in total. The first-order valence-electron chi connectivity index (χ1n) is 9.00. The average Bonchev–Trinajstić information content (AvgIpc) is 3.41. The number of carbonyl (C=O) groups is 1. The molecular formula is C21H21FN2O2. The van der Waals surface area contributed by atoms with Crippen LogP contribution in [0, 0.1) is 11.7 Å². The van der Waals surface area contributed by atoms with Crippen LogP contribution in [0.4, 0.5) is 4.39 Å². The molecule has 0 radical (unpaired) electrons. The highest BCUT2D eigenvalue weighted by Crippen LogP contribution is 2.32. The van der Waals surface area contributed by atoms with E-state index in [0.717, 1.165) is 29.7 Å². The molecular weight excluding hydrogens is 331 g/mol. The van der Waals surface area contributed by atoms with Gasteiger partial charge in [-0.2, -0.15) is 0 Å². The van der Waals surface area contributed by atoms with Crippen molar-refractivity contribution in [3.05, 3.63) is 71.5 Å². The number of rotatable bonds is 6. The predicted molar refractivity (Wildman–Crippen MR) is 97.0 cm³/mol. The van der Waals surface area contributed by atoms with E-state index in [9.17, 15) is 9.18 Å². The molecule has 1 unspecified atom stereocenters. The lowest BCUT2D eigenvalue weighted by molar-refractivity contribution is -0.135. The molecule has 1 aliphatic heterocycles. The number of nitrogens with zero attached hydrogens (tertiary/aromatic N) is 2. The largest absolute Gasteiger partial charge is 0.390 e. The van der Waals surface area contributed by atoms with Gasteiger partial charge < -0.3 is 9.74 Å². The first-order valence-corrected chi connectivity index (χ1v) is 9.00. The molecule has 0 spiro atoms. The van der Waals surface area contributed by atoms with Gasteiger partial charge in [-0.25, -0.2) is 4.39 Å². The monoisotopic (exact) mass is 352 g/mol. The second-order valence-electron chi connectivity index (χ2n) is 6.96. The first kappa shape index (κ1) is 16.8. The summed E-state index contributed by atoms with van der Waals surface area (Å²) in [6, 6.07) is 16.3. The van der Waals surface area contributed by atoms with Gasteiger partial charge in [0.1, 0.15) is 5.82 Å². The molecule has 1 fully saturated rings. The lowest BCUT2D eigenvalue weighted by atomic mass is 10.0. The summed E-state index contributed by atoms with van der Waals surface area (Å²) >= 11 is 0. The minimum atomic E-state index is -0.270. The van der Waals surface area contributed by atoms with Gasteiger partial charge in [-0.05, 0) is 36.1 Å². The summed E-state index contributed by atoms with van der Waals surface area (Å²) in [5.74, 6) is 0.0965. The van der Waals surface area contributed by atoms with E-state index >= 15 is 0 Å². The van der Waals surface area contributed by atoms with Crippen LogP contribution in [0.5, 0.6) is 0 Å². The Bertz CT molecular complexity index is 801. The maximum absolute atomic E-state index is 13.1. The number of oxime groups is 1. The van der Waals surface area contributed by atoms with E-state index in [1.165, 1.54) is 12.1 Å². The van der Waals surface area contributed by atoms with Gasteiger partial charge in [0.15, 0.2) is 6.10 Å². The molecule has 0 aromatic heterocycles. The van der Waals surface area contributed by atoms with Crippen LogP contribution in [0.1, 0.15) is 30.4 Å². The topological polar surface area (TPSA) is 41.9 Å². The van der Waals surface area contributed by atoms with E-state index in [1.807, 2.05) is 35.2 Å². The van der Waals surface area contributed by atoms with Crippen molar-refractivity contribution < 1.29 is 14.0 Å². The number of amides is 1. The molecule has 1 atom stereocenters. The minimum absolute atomic E-state index is 0.164. The number of carbonyl (C=O) groups excluding carboxylic acids is 1. The Morgan fingerprint density at radius 2 is 1.85 bits per heavy atom. The lowest BCUT2D eigenvalue weighted by Gasteiger charge is -2.25. The highest BCUT2D eigenvalue weighted by molar-refractivity contribution is 6.01. The van der Waals surface area contributed by atoms with Crippen molar-refractivity contribution >= 4 is 11.6 Å². The number of hydrogen-bond acceptors (Lipinski definition) is 3. The molecule has 2 aliphatic rings. The first-order chi connectivity index (χ1) is 12.7. The molecule has 0 saturated heterocycles. The third-order valence-electron chi connectivity index (χ3n) is 4.79. The average molecular weight is 352 g/mol. The van der Waals surface area contributed by atoms with Crippen LogP contribution in [0.15, 0.2) is 59.8 Å². The van der Waals surface area contributed by atoms with Crippen LogP contribution in [0.25, 0.3) is 0 Å². The molecule has 5 heteroatoms. The molecule has 26 heavy (non-hydrogen) atoms. The van der Waals surface area contributed by atoms with Gasteiger partial charge in [0.2, 0.25) is 5.91 Å². The van der Waals surface area contributed by atoms with Gasteiger partial charge in [-0.15, -0.1) is 0 Å². The fourth-order valence-electron chi connectivity index (χ4n) is 3.21. The Morgan fingerprint density at radius 3 is 2.54 bits per heavy atom. The van der Waals surface area contributed by atoms with Crippen molar-refractivity contribution in [3.63, 3.8) is 0 Å². The Labute approximate surface area is 152 Å². The maximum atomic E-state index is 13.1. The third kappa shape index (κ3) is 3.93. The van der Waals surface area contributed by atoms with Gasteiger partial charge in [0.05, 0.1) is 12.3 Å². The molecule has 1 aliphatic carbocycles. The van der Waals surface area contributed by atoms with Gasteiger partial charge in [0.25, 0.3) is 0 Å². The smallest absolute Gasteiger partial charge is 0.226 e. The molecule has 0 bridgehead atoms. The highest BCUT2D eigenvalue weighted by Gasteiger charge is 2.35. The Balaban J connectivity index is 1.41. The van der Waals surface area contributed by atoms with E-state index in [0.29, 0.717) is 19.5 Å². The van der Waals surface area contributed by atoms with Crippen molar-refractivity contribution in [2.75, 3.05) is 6.54 Å². The molecule has 1 saturated carbocycles. The Kier molecular flexibility index (Phi) is 4.69. The van der Waals surface area contributed by atoms with E-state index in [4.69, 9.17) is 4.84 Å². The second-order valence-corrected chi connectivity index (χ2v) is 6.96. The molecule has 134 valence electrons. The zero-order valence-corrected chi connectivity index (χ0v) is 14.5. The second kappa shape index (κ2) is 7.28. The molecule has 0 N–H and O–H groups in total. The highest BCUT2D eigenvalue weighted by atomic mass is 19.1. The molecule has 4 rings (SSSR count). The maximum Gasteiger partial charge on any atom is 0.226 e. The number of halogens is 1. The SMILES string of the molecule is O=C(C1CC1)N(Cc1ccccc1)CC1CC(c2ccc(F)cc2)=NO1. The normalized spacial score (nSPS) is 19.0. The standard InChI is InChI=1S/C21H21FN2O2/c22-18-10-8-16(9-11-18)20-12-19(26-23-20)14-24(21(25)17-6-7-17)13-15-4-2-1-3-5-15/h1-5,8-11,17,19H,6-7,12-14H2. The zero-order chi connectivity index (χ0) is 17.9. The number of benzene rings is 2. The summed E-state index contributed by atoms with van der Waals surface area (Å²) in [6.07, 6.45) is 2.41. The minimum Gasteiger partial charge on any atom is -0.390 e.